The Labute approximate surface area is 192 Å². The van der Waals surface area contributed by atoms with Crippen LogP contribution in [0, 0.1) is 0 Å². The molecule has 0 aliphatic carbocycles. The van der Waals surface area contributed by atoms with Crippen LogP contribution in [0.4, 0.5) is 5.69 Å². The number of hydrogen-bond acceptors (Lipinski definition) is 6. The number of nitrogens with one attached hydrogen (secondary N) is 1. The summed E-state index contributed by atoms with van der Waals surface area (Å²) in [5, 5.41) is 2.82. The Bertz CT molecular complexity index is 1250. The van der Waals surface area contributed by atoms with E-state index in [0.29, 0.717) is 23.7 Å². The third-order valence-corrected chi connectivity index (χ3v) is 7.08. The number of carbonyl (C=O) groups is 1. The Morgan fingerprint density at radius 3 is 2.48 bits per heavy atom. The van der Waals surface area contributed by atoms with E-state index < -0.39 is 22.0 Å². The maximum absolute atomic E-state index is 13.7. The normalized spacial score (nSPS) is 15.2. The topological polar surface area (TPSA) is 94.2 Å². The number of anilines is 1. The number of methoxy groups -OCH3 is 2. The molecule has 4 rings (SSSR count). The average Bonchev–Trinajstić information content (AvgIpc) is 2.86. The highest BCUT2D eigenvalue weighted by Crippen LogP contribution is 2.39. The lowest BCUT2D eigenvalue weighted by molar-refractivity contribution is -0.127. The summed E-state index contributed by atoms with van der Waals surface area (Å²) in [4.78, 5) is 12.8. The van der Waals surface area contributed by atoms with Gasteiger partial charge in [0.05, 0.1) is 26.5 Å². The Hall–Kier alpha value is -3.72. The van der Waals surface area contributed by atoms with Crippen LogP contribution in [0.5, 0.6) is 17.2 Å². The van der Waals surface area contributed by atoms with Crippen LogP contribution < -0.4 is 23.8 Å². The number of sulfonamides is 1. The van der Waals surface area contributed by atoms with Crippen molar-refractivity contribution in [3.8, 4) is 17.2 Å². The summed E-state index contributed by atoms with van der Waals surface area (Å²) < 4.78 is 45.1. The predicted octanol–water partition coefficient (Wildman–Crippen LogP) is 2.98. The van der Waals surface area contributed by atoms with Crippen molar-refractivity contribution in [2.45, 2.75) is 17.5 Å². The van der Waals surface area contributed by atoms with E-state index in [1.165, 1.54) is 30.7 Å². The molecule has 3 aromatic carbocycles. The molecule has 1 heterocycles. The molecule has 0 saturated carbocycles. The van der Waals surface area contributed by atoms with Gasteiger partial charge in [0.2, 0.25) is 0 Å². The third kappa shape index (κ3) is 4.58. The molecule has 0 spiro atoms. The molecule has 33 heavy (non-hydrogen) atoms. The van der Waals surface area contributed by atoms with E-state index >= 15 is 0 Å². The number of ether oxygens (including phenoxy) is 3. The zero-order valence-electron chi connectivity index (χ0n) is 18.2. The monoisotopic (exact) mass is 468 g/mol. The van der Waals surface area contributed by atoms with Crippen molar-refractivity contribution in [2.24, 2.45) is 0 Å². The van der Waals surface area contributed by atoms with E-state index in [2.05, 4.69) is 5.32 Å². The molecular weight excluding hydrogens is 444 g/mol. The smallest absolute Gasteiger partial charge is 0.268 e. The van der Waals surface area contributed by atoms with Crippen molar-refractivity contribution in [3.05, 3.63) is 78.4 Å². The quantitative estimate of drug-likeness (QED) is 0.573. The van der Waals surface area contributed by atoms with Crippen LogP contribution in [0.3, 0.4) is 0 Å². The van der Waals surface area contributed by atoms with Crippen LogP contribution in [0.25, 0.3) is 0 Å². The Balaban J connectivity index is 1.67. The number of fused-ring (bicyclic) bond motifs is 1. The minimum Gasteiger partial charge on any atom is -0.497 e. The minimum atomic E-state index is -4.12. The minimum absolute atomic E-state index is 0.0653. The van der Waals surface area contributed by atoms with Gasteiger partial charge in [-0.1, -0.05) is 42.5 Å². The molecule has 0 unspecified atom stereocenters. The number of nitrogens with zero attached hydrogens (tertiary/aromatic N) is 1. The maximum atomic E-state index is 13.7. The van der Waals surface area contributed by atoms with Crippen molar-refractivity contribution >= 4 is 21.6 Å². The second-order valence-corrected chi connectivity index (χ2v) is 9.16. The molecule has 3 aromatic rings. The molecule has 1 aliphatic rings. The van der Waals surface area contributed by atoms with E-state index in [4.69, 9.17) is 14.2 Å². The van der Waals surface area contributed by atoms with Crippen molar-refractivity contribution in [1.82, 2.24) is 5.32 Å². The summed E-state index contributed by atoms with van der Waals surface area (Å²) in [5.41, 5.74) is 1.27. The van der Waals surface area contributed by atoms with Gasteiger partial charge < -0.3 is 19.5 Å². The van der Waals surface area contributed by atoms with Crippen LogP contribution in [0.2, 0.25) is 0 Å². The van der Waals surface area contributed by atoms with Crippen LogP contribution in [0.15, 0.2) is 77.7 Å². The standard InChI is InChI=1S/C24H24N2O6S/c1-30-18-12-13-21(31-2)23(14-18)33(28,29)26-16-22(32-20-11-7-6-10-19(20)26)24(27)25-15-17-8-4-3-5-9-17/h3-14,22H,15-16H2,1-2H3,(H,25,27)/t22-/m0/s1. The van der Waals surface area contributed by atoms with E-state index in [9.17, 15) is 13.2 Å². The van der Waals surface area contributed by atoms with Crippen LogP contribution in [-0.2, 0) is 21.4 Å². The summed E-state index contributed by atoms with van der Waals surface area (Å²) in [6.07, 6.45) is -1.03. The first-order valence-electron chi connectivity index (χ1n) is 10.3. The zero-order chi connectivity index (χ0) is 23.4. The van der Waals surface area contributed by atoms with Gasteiger partial charge in [0.1, 0.15) is 22.1 Å². The third-order valence-electron chi connectivity index (χ3n) is 5.28. The molecular formula is C24H24N2O6S. The summed E-state index contributed by atoms with van der Waals surface area (Å²) in [6, 6.07) is 20.7. The van der Waals surface area contributed by atoms with Gasteiger partial charge in [-0.05, 0) is 29.8 Å². The van der Waals surface area contributed by atoms with Gasteiger partial charge >= 0.3 is 0 Å². The molecule has 0 aromatic heterocycles. The lowest BCUT2D eigenvalue weighted by Gasteiger charge is -2.35. The second kappa shape index (κ2) is 9.41. The molecule has 1 aliphatic heterocycles. The van der Waals surface area contributed by atoms with Crippen molar-refractivity contribution in [2.75, 3.05) is 25.1 Å². The van der Waals surface area contributed by atoms with Crippen LogP contribution in [-0.4, -0.2) is 41.2 Å². The fourth-order valence-corrected chi connectivity index (χ4v) is 5.22. The molecule has 0 fully saturated rings. The average molecular weight is 469 g/mol. The maximum Gasteiger partial charge on any atom is 0.268 e. The van der Waals surface area contributed by atoms with Gasteiger partial charge in [-0.25, -0.2) is 8.42 Å². The van der Waals surface area contributed by atoms with Gasteiger partial charge in [-0.2, -0.15) is 0 Å². The van der Waals surface area contributed by atoms with Gasteiger partial charge in [0.15, 0.2) is 6.10 Å². The number of para-hydroxylation sites is 2. The van der Waals surface area contributed by atoms with E-state index in [0.717, 1.165) is 5.56 Å². The van der Waals surface area contributed by atoms with Gasteiger partial charge in [-0.15, -0.1) is 0 Å². The van der Waals surface area contributed by atoms with Crippen molar-refractivity contribution in [3.63, 3.8) is 0 Å². The Morgan fingerprint density at radius 1 is 1.03 bits per heavy atom. The highest BCUT2D eigenvalue weighted by molar-refractivity contribution is 7.93. The summed E-state index contributed by atoms with van der Waals surface area (Å²) >= 11 is 0. The first-order chi connectivity index (χ1) is 15.9. The van der Waals surface area contributed by atoms with Crippen molar-refractivity contribution in [1.29, 1.82) is 0 Å². The summed E-state index contributed by atoms with van der Waals surface area (Å²) in [6.45, 7) is 0.109. The molecule has 1 atom stereocenters. The molecule has 1 amide bonds. The lowest BCUT2D eigenvalue weighted by atomic mass is 10.2. The Morgan fingerprint density at radius 2 is 1.76 bits per heavy atom. The molecule has 8 nitrogen and oxygen atoms in total. The molecule has 0 bridgehead atoms. The highest BCUT2D eigenvalue weighted by atomic mass is 32.2. The first kappa shape index (κ1) is 22.5. The highest BCUT2D eigenvalue weighted by Gasteiger charge is 2.38. The van der Waals surface area contributed by atoms with E-state index in [1.807, 2.05) is 30.3 Å². The molecule has 9 heteroatoms. The SMILES string of the molecule is COc1ccc(OC)c(S(=O)(=O)N2C[C@@H](C(=O)NCc3ccccc3)Oc3ccccc32)c1. The first-order valence-corrected chi connectivity index (χ1v) is 11.7. The number of carbonyl (C=O) groups excluding carboxylic acids is 1. The molecule has 0 saturated heterocycles. The van der Waals surface area contributed by atoms with E-state index in [-0.39, 0.29) is 17.2 Å². The molecule has 1 N–H and O–H groups in total. The molecule has 172 valence electrons. The van der Waals surface area contributed by atoms with E-state index in [1.54, 1.807) is 30.3 Å². The second-order valence-electron chi connectivity index (χ2n) is 7.33. The van der Waals surface area contributed by atoms with Gasteiger partial charge in [0, 0.05) is 12.6 Å². The largest absolute Gasteiger partial charge is 0.497 e. The predicted molar refractivity (Wildman–Crippen MR) is 123 cm³/mol. The zero-order valence-corrected chi connectivity index (χ0v) is 19.0. The van der Waals surface area contributed by atoms with Crippen LogP contribution >= 0.6 is 0 Å². The van der Waals surface area contributed by atoms with Crippen molar-refractivity contribution < 1.29 is 27.4 Å². The van der Waals surface area contributed by atoms with Gasteiger partial charge in [-0.3, -0.25) is 9.10 Å². The number of hydrogen-bond donors (Lipinski definition) is 1. The number of benzene rings is 3. The summed E-state index contributed by atoms with van der Waals surface area (Å²) in [5.74, 6) is 0.429. The lowest BCUT2D eigenvalue weighted by Crippen LogP contribution is -2.50. The summed E-state index contributed by atoms with van der Waals surface area (Å²) in [7, 11) is -1.27. The van der Waals surface area contributed by atoms with Gasteiger partial charge in [0.25, 0.3) is 15.9 Å². The fourth-order valence-electron chi connectivity index (χ4n) is 3.57. The number of amides is 1. The number of rotatable bonds is 7. The Kier molecular flexibility index (Phi) is 6.41. The fraction of sp³-hybridized carbons (Fsp3) is 0.208. The molecule has 0 radical (unpaired) electrons. The van der Waals surface area contributed by atoms with Crippen LogP contribution in [0.1, 0.15) is 5.56 Å².